The van der Waals surface area contributed by atoms with E-state index < -0.39 is 0 Å². The van der Waals surface area contributed by atoms with E-state index in [0.29, 0.717) is 6.42 Å². The summed E-state index contributed by atoms with van der Waals surface area (Å²) >= 11 is 0. The SMILES string of the molecule is Cc1ccccc1N1CCCN(C(=O)CCc2ccnn2C)CC1. The zero-order valence-electron chi connectivity index (χ0n) is 14.6. The molecular weight excluding hydrogens is 300 g/mol. The number of rotatable bonds is 4. The van der Waals surface area contributed by atoms with Crippen molar-refractivity contribution in [2.45, 2.75) is 26.2 Å². The van der Waals surface area contributed by atoms with E-state index >= 15 is 0 Å². The summed E-state index contributed by atoms with van der Waals surface area (Å²) in [6, 6.07) is 10.5. The molecule has 5 nitrogen and oxygen atoms in total. The highest BCUT2D eigenvalue weighted by atomic mass is 16.2. The van der Waals surface area contributed by atoms with E-state index in [9.17, 15) is 4.79 Å². The van der Waals surface area contributed by atoms with Gasteiger partial charge in [0.25, 0.3) is 0 Å². The van der Waals surface area contributed by atoms with E-state index in [4.69, 9.17) is 0 Å². The fraction of sp³-hybridized carbons (Fsp3) is 0.474. The summed E-state index contributed by atoms with van der Waals surface area (Å²) in [4.78, 5) is 17.0. The van der Waals surface area contributed by atoms with Crippen molar-refractivity contribution in [2.24, 2.45) is 7.05 Å². The number of carbonyl (C=O) groups is 1. The van der Waals surface area contributed by atoms with E-state index in [1.165, 1.54) is 11.3 Å². The van der Waals surface area contributed by atoms with Crippen LogP contribution in [0.3, 0.4) is 0 Å². The molecule has 0 spiro atoms. The van der Waals surface area contributed by atoms with Gasteiger partial charge in [-0.2, -0.15) is 5.10 Å². The molecule has 0 atom stereocenters. The zero-order chi connectivity index (χ0) is 16.9. The Hall–Kier alpha value is -2.30. The smallest absolute Gasteiger partial charge is 0.223 e. The van der Waals surface area contributed by atoms with Crippen LogP contribution in [0.4, 0.5) is 5.69 Å². The van der Waals surface area contributed by atoms with Gasteiger partial charge in [-0.1, -0.05) is 18.2 Å². The van der Waals surface area contributed by atoms with Crippen molar-refractivity contribution in [2.75, 3.05) is 31.1 Å². The van der Waals surface area contributed by atoms with E-state index in [2.05, 4.69) is 41.2 Å². The van der Waals surface area contributed by atoms with Gasteiger partial charge in [0, 0.05) is 57.2 Å². The standard InChI is InChI=1S/C19H26N4O/c1-16-6-3-4-7-18(16)22-12-5-13-23(15-14-22)19(24)9-8-17-10-11-20-21(17)2/h3-4,6-7,10-11H,5,8-9,12-15H2,1-2H3. The molecule has 0 N–H and O–H groups in total. The lowest BCUT2D eigenvalue weighted by Gasteiger charge is -2.25. The summed E-state index contributed by atoms with van der Waals surface area (Å²) in [5.74, 6) is 0.253. The van der Waals surface area contributed by atoms with Crippen molar-refractivity contribution < 1.29 is 4.79 Å². The Morgan fingerprint density at radius 2 is 1.96 bits per heavy atom. The average molecular weight is 326 g/mol. The highest BCUT2D eigenvalue weighted by molar-refractivity contribution is 5.76. The molecule has 1 saturated heterocycles. The van der Waals surface area contributed by atoms with Crippen molar-refractivity contribution in [1.82, 2.24) is 14.7 Å². The molecule has 3 rings (SSSR count). The first-order chi connectivity index (χ1) is 11.6. The molecule has 1 aliphatic rings. The number of hydrogen-bond acceptors (Lipinski definition) is 3. The number of amides is 1. The van der Waals surface area contributed by atoms with Crippen LogP contribution >= 0.6 is 0 Å². The molecule has 2 heterocycles. The van der Waals surface area contributed by atoms with Crippen LogP contribution in [0.15, 0.2) is 36.5 Å². The van der Waals surface area contributed by atoms with Crippen LogP contribution in [0.2, 0.25) is 0 Å². The maximum absolute atomic E-state index is 12.5. The Balaban J connectivity index is 1.56. The van der Waals surface area contributed by atoms with Crippen LogP contribution in [0, 0.1) is 6.92 Å². The third kappa shape index (κ3) is 3.78. The Morgan fingerprint density at radius 3 is 2.71 bits per heavy atom. The molecule has 1 aromatic heterocycles. The van der Waals surface area contributed by atoms with Gasteiger partial charge in [0.05, 0.1) is 0 Å². The third-order valence-corrected chi connectivity index (χ3v) is 4.82. The maximum Gasteiger partial charge on any atom is 0.223 e. The number of para-hydroxylation sites is 1. The molecule has 0 radical (unpaired) electrons. The van der Waals surface area contributed by atoms with Crippen molar-refractivity contribution in [3.8, 4) is 0 Å². The van der Waals surface area contributed by atoms with E-state index in [-0.39, 0.29) is 5.91 Å². The van der Waals surface area contributed by atoms with Crippen LogP contribution in [0.5, 0.6) is 0 Å². The summed E-state index contributed by atoms with van der Waals surface area (Å²) in [5.41, 5.74) is 3.70. The molecule has 1 aliphatic heterocycles. The van der Waals surface area contributed by atoms with Gasteiger partial charge in [-0.3, -0.25) is 9.48 Å². The second-order valence-corrected chi connectivity index (χ2v) is 6.45. The molecule has 5 heteroatoms. The molecule has 128 valence electrons. The molecule has 0 bridgehead atoms. The number of aryl methyl sites for hydroxylation is 3. The van der Waals surface area contributed by atoms with Gasteiger partial charge >= 0.3 is 0 Å². The first-order valence-corrected chi connectivity index (χ1v) is 8.70. The largest absolute Gasteiger partial charge is 0.369 e. The predicted molar refractivity (Wildman–Crippen MR) is 96.1 cm³/mol. The number of carbonyl (C=O) groups excluding carboxylic acids is 1. The van der Waals surface area contributed by atoms with Crippen LogP contribution < -0.4 is 4.90 Å². The second-order valence-electron chi connectivity index (χ2n) is 6.45. The lowest BCUT2D eigenvalue weighted by atomic mass is 10.2. The van der Waals surface area contributed by atoms with Crippen molar-refractivity contribution >= 4 is 11.6 Å². The summed E-state index contributed by atoms with van der Waals surface area (Å²) < 4.78 is 1.84. The molecule has 1 fully saturated rings. The molecular formula is C19H26N4O. The number of nitrogens with zero attached hydrogens (tertiary/aromatic N) is 4. The zero-order valence-corrected chi connectivity index (χ0v) is 14.6. The lowest BCUT2D eigenvalue weighted by molar-refractivity contribution is -0.130. The Kier molecular flexibility index (Phi) is 5.18. The minimum atomic E-state index is 0.253. The monoisotopic (exact) mass is 326 g/mol. The van der Waals surface area contributed by atoms with Crippen LogP contribution in [-0.4, -0.2) is 46.8 Å². The Labute approximate surface area is 143 Å². The van der Waals surface area contributed by atoms with E-state index in [1.54, 1.807) is 6.20 Å². The van der Waals surface area contributed by atoms with Crippen LogP contribution in [0.1, 0.15) is 24.1 Å². The molecule has 0 unspecified atom stereocenters. The van der Waals surface area contributed by atoms with E-state index in [0.717, 1.165) is 44.7 Å². The Bertz CT molecular complexity index is 694. The molecule has 1 aromatic carbocycles. The topological polar surface area (TPSA) is 41.4 Å². The number of benzene rings is 1. The molecule has 2 aromatic rings. The number of aromatic nitrogens is 2. The average Bonchev–Trinajstić information content (AvgIpc) is 2.84. The van der Waals surface area contributed by atoms with Gasteiger partial charge in [-0.25, -0.2) is 0 Å². The quantitative estimate of drug-likeness (QED) is 0.866. The van der Waals surface area contributed by atoms with Crippen LogP contribution in [0.25, 0.3) is 0 Å². The van der Waals surface area contributed by atoms with Gasteiger partial charge in [-0.05, 0) is 37.5 Å². The van der Waals surface area contributed by atoms with Gasteiger partial charge in [0.15, 0.2) is 0 Å². The highest BCUT2D eigenvalue weighted by Gasteiger charge is 2.20. The summed E-state index contributed by atoms with van der Waals surface area (Å²) in [7, 11) is 1.92. The second kappa shape index (κ2) is 7.51. The van der Waals surface area contributed by atoms with Crippen molar-refractivity contribution in [3.05, 3.63) is 47.8 Å². The first-order valence-electron chi connectivity index (χ1n) is 8.70. The van der Waals surface area contributed by atoms with Gasteiger partial charge in [0.2, 0.25) is 5.91 Å². The fourth-order valence-electron chi connectivity index (χ4n) is 3.37. The van der Waals surface area contributed by atoms with Crippen molar-refractivity contribution in [1.29, 1.82) is 0 Å². The number of hydrogen-bond donors (Lipinski definition) is 0. The maximum atomic E-state index is 12.5. The molecule has 0 aliphatic carbocycles. The van der Waals surface area contributed by atoms with Crippen molar-refractivity contribution in [3.63, 3.8) is 0 Å². The summed E-state index contributed by atoms with van der Waals surface area (Å²) in [6.07, 6.45) is 4.12. The molecule has 1 amide bonds. The minimum Gasteiger partial charge on any atom is -0.369 e. The third-order valence-electron chi connectivity index (χ3n) is 4.82. The van der Waals surface area contributed by atoms with Gasteiger partial charge < -0.3 is 9.80 Å². The first kappa shape index (κ1) is 16.6. The highest BCUT2D eigenvalue weighted by Crippen LogP contribution is 2.21. The Morgan fingerprint density at radius 1 is 1.12 bits per heavy atom. The number of anilines is 1. The summed E-state index contributed by atoms with van der Waals surface area (Å²) in [6.45, 7) is 5.72. The minimum absolute atomic E-state index is 0.253. The van der Waals surface area contributed by atoms with Gasteiger partial charge in [0.1, 0.15) is 0 Å². The van der Waals surface area contributed by atoms with E-state index in [1.807, 2.05) is 22.7 Å². The molecule has 24 heavy (non-hydrogen) atoms. The van der Waals surface area contributed by atoms with Crippen LogP contribution in [-0.2, 0) is 18.3 Å². The predicted octanol–water partition coefficient (Wildman–Crippen LogP) is 2.40. The van der Waals surface area contributed by atoms with Gasteiger partial charge in [-0.15, -0.1) is 0 Å². The fourth-order valence-corrected chi connectivity index (χ4v) is 3.37. The molecule has 0 saturated carbocycles. The normalized spacial score (nSPS) is 15.4. The summed E-state index contributed by atoms with van der Waals surface area (Å²) in [5, 5.41) is 4.16. The lowest BCUT2D eigenvalue weighted by Crippen LogP contribution is -2.35.